The Morgan fingerprint density at radius 2 is 2.00 bits per heavy atom. The number of guanidine groups is 1. The van der Waals surface area contributed by atoms with Crippen molar-refractivity contribution in [1.29, 1.82) is 0 Å². The van der Waals surface area contributed by atoms with Gasteiger partial charge in [-0.3, -0.25) is 4.99 Å². The minimum Gasteiger partial charge on any atom is -0.357 e. The molecule has 3 nitrogen and oxygen atoms in total. The predicted molar refractivity (Wildman–Crippen MR) is 66.1 cm³/mol. The minimum absolute atomic E-state index is 0.474. The lowest BCUT2D eigenvalue weighted by molar-refractivity contribution is 0.480. The molecule has 1 fully saturated rings. The Kier molecular flexibility index (Phi) is 4.92. The van der Waals surface area contributed by atoms with Gasteiger partial charge in [0.15, 0.2) is 5.96 Å². The molecule has 0 spiro atoms. The Morgan fingerprint density at radius 1 is 1.33 bits per heavy atom. The summed E-state index contributed by atoms with van der Waals surface area (Å²) < 4.78 is 0. The summed E-state index contributed by atoms with van der Waals surface area (Å²) in [7, 11) is 0. The van der Waals surface area contributed by atoms with E-state index in [1.54, 1.807) is 0 Å². The third-order valence-corrected chi connectivity index (χ3v) is 2.91. The van der Waals surface area contributed by atoms with Crippen molar-refractivity contribution in [3.8, 4) is 0 Å². The Labute approximate surface area is 93.7 Å². The van der Waals surface area contributed by atoms with Crippen LogP contribution >= 0.6 is 0 Å². The maximum atomic E-state index is 4.59. The summed E-state index contributed by atoms with van der Waals surface area (Å²) in [5.74, 6) is 2.47. The standard InChI is InChI=1S/C12H25N3/c1-5-13-12(14-8-11-6-7-11)15-10(4)9(2)3/h9-11H,5-8H2,1-4H3,(H2,13,14,15). The molecular weight excluding hydrogens is 186 g/mol. The van der Waals surface area contributed by atoms with E-state index in [0.29, 0.717) is 12.0 Å². The molecule has 1 atom stereocenters. The molecule has 0 saturated heterocycles. The summed E-state index contributed by atoms with van der Waals surface area (Å²) >= 11 is 0. The monoisotopic (exact) mass is 211 g/mol. The highest BCUT2D eigenvalue weighted by atomic mass is 15.2. The van der Waals surface area contributed by atoms with Crippen molar-refractivity contribution >= 4 is 5.96 Å². The van der Waals surface area contributed by atoms with Crippen LogP contribution in [0, 0.1) is 11.8 Å². The molecular formula is C12H25N3. The molecule has 1 rings (SSSR count). The van der Waals surface area contributed by atoms with Gasteiger partial charge in [-0.05, 0) is 38.5 Å². The molecule has 1 saturated carbocycles. The molecule has 1 aliphatic rings. The molecule has 0 aromatic rings. The van der Waals surface area contributed by atoms with Crippen LogP contribution in [-0.4, -0.2) is 25.1 Å². The van der Waals surface area contributed by atoms with Gasteiger partial charge in [-0.15, -0.1) is 0 Å². The average Bonchev–Trinajstić information content (AvgIpc) is 2.97. The topological polar surface area (TPSA) is 36.4 Å². The molecule has 1 aliphatic carbocycles. The van der Waals surface area contributed by atoms with E-state index in [1.807, 2.05) is 0 Å². The van der Waals surface area contributed by atoms with Crippen LogP contribution in [0.2, 0.25) is 0 Å². The average molecular weight is 211 g/mol. The summed E-state index contributed by atoms with van der Waals surface area (Å²) in [6, 6.07) is 0.474. The Balaban J connectivity index is 2.36. The number of hydrogen-bond acceptors (Lipinski definition) is 1. The van der Waals surface area contributed by atoms with Gasteiger partial charge < -0.3 is 10.6 Å². The number of aliphatic imine (C=N–C) groups is 1. The predicted octanol–water partition coefficient (Wildman–Crippen LogP) is 2.00. The smallest absolute Gasteiger partial charge is 0.191 e. The van der Waals surface area contributed by atoms with Gasteiger partial charge in [-0.2, -0.15) is 0 Å². The zero-order valence-electron chi connectivity index (χ0n) is 10.5. The summed E-state index contributed by atoms with van der Waals surface area (Å²) in [4.78, 5) is 4.59. The highest BCUT2D eigenvalue weighted by Gasteiger charge is 2.20. The summed E-state index contributed by atoms with van der Waals surface area (Å²) in [5, 5.41) is 6.73. The van der Waals surface area contributed by atoms with Crippen molar-refractivity contribution in [3.63, 3.8) is 0 Å². The van der Waals surface area contributed by atoms with E-state index in [0.717, 1.165) is 25.0 Å². The third-order valence-electron chi connectivity index (χ3n) is 2.91. The van der Waals surface area contributed by atoms with Crippen molar-refractivity contribution in [1.82, 2.24) is 10.6 Å². The van der Waals surface area contributed by atoms with Crippen molar-refractivity contribution in [2.24, 2.45) is 16.8 Å². The zero-order valence-corrected chi connectivity index (χ0v) is 10.5. The number of rotatable bonds is 5. The van der Waals surface area contributed by atoms with Crippen molar-refractivity contribution in [2.75, 3.05) is 13.1 Å². The lowest BCUT2D eigenvalue weighted by atomic mass is 10.1. The van der Waals surface area contributed by atoms with Crippen LogP contribution in [0.15, 0.2) is 4.99 Å². The van der Waals surface area contributed by atoms with E-state index in [1.165, 1.54) is 12.8 Å². The molecule has 2 N–H and O–H groups in total. The minimum atomic E-state index is 0.474. The Hall–Kier alpha value is -0.730. The molecule has 0 heterocycles. The first kappa shape index (κ1) is 12.3. The SMILES string of the molecule is CCNC(=NCC1CC1)NC(C)C(C)C. The van der Waals surface area contributed by atoms with Gasteiger partial charge in [0.25, 0.3) is 0 Å². The maximum absolute atomic E-state index is 4.59. The van der Waals surface area contributed by atoms with E-state index >= 15 is 0 Å². The second kappa shape index (κ2) is 5.99. The summed E-state index contributed by atoms with van der Waals surface area (Å²) in [5.41, 5.74) is 0. The van der Waals surface area contributed by atoms with E-state index in [9.17, 15) is 0 Å². The van der Waals surface area contributed by atoms with E-state index in [2.05, 4.69) is 43.3 Å². The third kappa shape index (κ3) is 5.05. The summed E-state index contributed by atoms with van der Waals surface area (Å²) in [6.45, 7) is 10.7. The lowest BCUT2D eigenvalue weighted by Crippen LogP contribution is -2.44. The molecule has 88 valence electrons. The largest absolute Gasteiger partial charge is 0.357 e. The summed E-state index contributed by atoms with van der Waals surface area (Å²) in [6.07, 6.45) is 2.73. The van der Waals surface area contributed by atoms with Crippen molar-refractivity contribution in [2.45, 2.75) is 46.6 Å². The first-order valence-corrected chi connectivity index (χ1v) is 6.18. The quantitative estimate of drug-likeness (QED) is 0.539. The van der Waals surface area contributed by atoms with Gasteiger partial charge in [0.1, 0.15) is 0 Å². The van der Waals surface area contributed by atoms with Crippen LogP contribution in [0.25, 0.3) is 0 Å². The first-order chi connectivity index (χ1) is 7.13. The molecule has 0 bridgehead atoms. The molecule has 0 aromatic heterocycles. The van der Waals surface area contributed by atoms with Gasteiger partial charge >= 0.3 is 0 Å². The molecule has 0 amide bonds. The van der Waals surface area contributed by atoms with Crippen molar-refractivity contribution in [3.05, 3.63) is 0 Å². The van der Waals surface area contributed by atoms with Crippen LogP contribution in [0.1, 0.15) is 40.5 Å². The van der Waals surface area contributed by atoms with E-state index < -0.39 is 0 Å². The van der Waals surface area contributed by atoms with Crippen LogP contribution in [0.4, 0.5) is 0 Å². The number of nitrogens with zero attached hydrogens (tertiary/aromatic N) is 1. The van der Waals surface area contributed by atoms with Gasteiger partial charge in [0.05, 0.1) is 0 Å². The van der Waals surface area contributed by atoms with Gasteiger partial charge in [-0.25, -0.2) is 0 Å². The second-order valence-electron chi connectivity index (χ2n) is 4.84. The number of nitrogens with one attached hydrogen (secondary N) is 2. The van der Waals surface area contributed by atoms with Gasteiger partial charge in [0, 0.05) is 19.1 Å². The van der Waals surface area contributed by atoms with Gasteiger partial charge in [-0.1, -0.05) is 13.8 Å². The van der Waals surface area contributed by atoms with Crippen LogP contribution < -0.4 is 10.6 Å². The molecule has 0 radical (unpaired) electrons. The fourth-order valence-corrected chi connectivity index (χ4v) is 1.22. The van der Waals surface area contributed by atoms with Gasteiger partial charge in [0.2, 0.25) is 0 Å². The number of hydrogen-bond donors (Lipinski definition) is 2. The molecule has 1 unspecified atom stereocenters. The van der Waals surface area contributed by atoms with Crippen molar-refractivity contribution < 1.29 is 0 Å². The highest BCUT2D eigenvalue weighted by molar-refractivity contribution is 5.80. The fraction of sp³-hybridized carbons (Fsp3) is 0.917. The van der Waals surface area contributed by atoms with Crippen LogP contribution in [0.5, 0.6) is 0 Å². The van der Waals surface area contributed by atoms with Crippen LogP contribution in [-0.2, 0) is 0 Å². The zero-order chi connectivity index (χ0) is 11.3. The van der Waals surface area contributed by atoms with Crippen LogP contribution in [0.3, 0.4) is 0 Å². The normalized spacial score (nSPS) is 19.1. The first-order valence-electron chi connectivity index (χ1n) is 6.18. The molecule has 15 heavy (non-hydrogen) atoms. The van der Waals surface area contributed by atoms with E-state index in [-0.39, 0.29) is 0 Å². The second-order valence-corrected chi connectivity index (χ2v) is 4.84. The van der Waals surface area contributed by atoms with E-state index in [4.69, 9.17) is 0 Å². The molecule has 0 aromatic carbocycles. The fourth-order valence-electron chi connectivity index (χ4n) is 1.22. The Morgan fingerprint density at radius 3 is 2.47 bits per heavy atom. The molecule has 3 heteroatoms. The lowest BCUT2D eigenvalue weighted by Gasteiger charge is -2.20. The Bertz CT molecular complexity index is 207. The molecule has 0 aliphatic heterocycles. The highest BCUT2D eigenvalue weighted by Crippen LogP contribution is 2.28. The maximum Gasteiger partial charge on any atom is 0.191 e.